The van der Waals surface area contributed by atoms with Gasteiger partial charge in [-0.15, -0.1) is 0 Å². The first-order chi connectivity index (χ1) is 9.02. The lowest BCUT2D eigenvalue weighted by molar-refractivity contribution is -0.129. The number of amides is 1. The smallest absolute Gasteiger partial charge is 0.264 e. The highest BCUT2D eigenvalue weighted by molar-refractivity contribution is 6.02. The predicted octanol–water partition coefficient (Wildman–Crippen LogP) is 0.819. The molecule has 0 radical (unpaired) electrons. The van der Waals surface area contributed by atoms with Crippen molar-refractivity contribution in [3.05, 3.63) is 23.3 Å². The summed E-state index contributed by atoms with van der Waals surface area (Å²) in [7, 11) is 0. The van der Waals surface area contributed by atoms with E-state index < -0.39 is 5.75 Å². The number of anilines is 1. The van der Waals surface area contributed by atoms with Crippen LogP contribution in [-0.2, 0) is 4.79 Å². The van der Waals surface area contributed by atoms with Gasteiger partial charge in [-0.3, -0.25) is 4.79 Å². The van der Waals surface area contributed by atoms with Gasteiger partial charge < -0.3 is 20.8 Å². The van der Waals surface area contributed by atoms with Gasteiger partial charge in [0.15, 0.2) is 11.5 Å². The van der Waals surface area contributed by atoms with Crippen LogP contribution in [0.2, 0.25) is 0 Å². The molecule has 98 valence electrons. The van der Waals surface area contributed by atoms with Crippen molar-refractivity contribution in [3.63, 3.8) is 0 Å². The molecular formula is C13H13N3O3. The van der Waals surface area contributed by atoms with E-state index in [4.69, 9.17) is 11.0 Å². The van der Waals surface area contributed by atoms with Gasteiger partial charge >= 0.3 is 0 Å². The number of benzene rings is 1. The number of nitrogens with zero attached hydrogens (tertiary/aromatic N) is 2. The second kappa shape index (κ2) is 4.90. The summed E-state index contributed by atoms with van der Waals surface area (Å²) in [6.45, 7) is 1.31. The van der Waals surface area contributed by atoms with Crippen LogP contribution >= 0.6 is 0 Å². The Labute approximate surface area is 110 Å². The van der Waals surface area contributed by atoms with Gasteiger partial charge in [-0.1, -0.05) is 0 Å². The monoisotopic (exact) mass is 259 g/mol. The Morgan fingerprint density at radius 3 is 2.58 bits per heavy atom. The maximum absolute atomic E-state index is 11.9. The number of phenolic OH excluding ortho intramolecular Hbond substituents is 2. The van der Waals surface area contributed by atoms with Crippen LogP contribution in [0.25, 0.3) is 6.08 Å². The Kier molecular flexibility index (Phi) is 3.29. The SMILES string of the molecule is N#C/C(=C\c1cc(N)c(O)c(O)c1)C(=O)N1CCC1. The summed E-state index contributed by atoms with van der Waals surface area (Å²) in [6.07, 6.45) is 2.29. The third kappa shape index (κ3) is 2.45. The number of nitrogen functional groups attached to an aromatic ring is 1. The Morgan fingerprint density at radius 1 is 1.42 bits per heavy atom. The van der Waals surface area contributed by atoms with E-state index in [9.17, 15) is 15.0 Å². The van der Waals surface area contributed by atoms with Crippen molar-refractivity contribution in [2.24, 2.45) is 0 Å². The van der Waals surface area contributed by atoms with E-state index in [0.717, 1.165) is 6.42 Å². The van der Waals surface area contributed by atoms with Gasteiger partial charge in [-0.25, -0.2) is 0 Å². The molecule has 0 aromatic heterocycles. The van der Waals surface area contributed by atoms with Crippen LogP contribution < -0.4 is 5.73 Å². The average Bonchev–Trinajstić information content (AvgIpc) is 2.30. The summed E-state index contributed by atoms with van der Waals surface area (Å²) in [5.41, 5.74) is 5.84. The maximum Gasteiger partial charge on any atom is 0.264 e. The summed E-state index contributed by atoms with van der Waals surface area (Å²) in [4.78, 5) is 13.5. The van der Waals surface area contributed by atoms with Gasteiger partial charge in [-0.2, -0.15) is 5.26 Å². The lowest BCUT2D eigenvalue weighted by atomic mass is 10.1. The molecule has 19 heavy (non-hydrogen) atoms. The second-order valence-corrected chi connectivity index (χ2v) is 4.29. The molecule has 1 aromatic rings. The highest BCUT2D eigenvalue weighted by Gasteiger charge is 2.23. The van der Waals surface area contributed by atoms with Crippen LogP contribution in [0.4, 0.5) is 5.69 Å². The lowest BCUT2D eigenvalue weighted by Crippen LogP contribution is -2.42. The fraction of sp³-hybridized carbons (Fsp3) is 0.231. The van der Waals surface area contributed by atoms with E-state index in [2.05, 4.69) is 0 Å². The zero-order chi connectivity index (χ0) is 14.0. The molecule has 1 aliphatic heterocycles. The standard InChI is InChI=1S/C13H13N3O3/c14-7-9(13(19)16-2-1-3-16)4-8-5-10(15)12(18)11(17)6-8/h4-6,17-18H,1-3,15H2/b9-4+. The molecule has 1 saturated heterocycles. The van der Waals surface area contributed by atoms with Gasteiger partial charge in [0, 0.05) is 13.1 Å². The minimum absolute atomic E-state index is 0.0139. The summed E-state index contributed by atoms with van der Waals surface area (Å²) < 4.78 is 0. The van der Waals surface area contributed by atoms with Gasteiger partial charge in [0.1, 0.15) is 11.6 Å². The van der Waals surface area contributed by atoms with Crippen LogP contribution in [0.15, 0.2) is 17.7 Å². The molecule has 4 N–H and O–H groups in total. The molecule has 0 saturated carbocycles. The van der Waals surface area contributed by atoms with Crippen molar-refractivity contribution in [1.29, 1.82) is 5.26 Å². The molecule has 0 aliphatic carbocycles. The van der Waals surface area contributed by atoms with Gasteiger partial charge in [-0.05, 0) is 30.2 Å². The van der Waals surface area contributed by atoms with Crippen molar-refractivity contribution in [3.8, 4) is 17.6 Å². The Hall–Kier alpha value is -2.68. The third-order valence-electron chi connectivity index (χ3n) is 2.95. The number of nitriles is 1. The Balaban J connectivity index is 2.32. The van der Waals surface area contributed by atoms with Crippen molar-refractivity contribution >= 4 is 17.7 Å². The van der Waals surface area contributed by atoms with E-state index in [1.54, 1.807) is 4.90 Å². The summed E-state index contributed by atoms with van der Waals surface area (Å²) in [6, 6.07) is 4.47. The quantitative estimate of drug-likeness (QED) is 0.315. The summed E-state index contributed by atoms with van der Waals surface area (Å²) in [5, 5.41) is 27.8. The number of aromatic hydroxyl groups is 2. The van der Waals surface area contributed by atoms with Crippen LogP contribution in [0.5, 0.6) is 11.5 Å². The number of phenols is 2. The van der Waals surface area contributed by atoms with Gasteiger partial charge in [0.05, 0.1) is 5.69 Å². The number of nitrogens with two attached hydrogens (primary N) is 1. The fourth-order valence-electron chi connectivity index (χ4n) is 1.75. The normalized spacial score (nSPS) is 14.7. The second-order valence-electron chi connectivity index (χ2n) is 4.29. The van der Waals surface area contributed by atoms with Crippen molar-refractivity contribution in [2.75, 3.05) is 18.8 Å². The number of carbonyl (C=O) groups is 1. The summed E-state index contributed by atoms with van der Waals surface area (Å²) in [5.74, 6) is -1.13. The highest BCUT2D eigenvalue weighted by Crippen LogP contribution is 2.33. The summed E-state index contributed by atoms with van der Waals surface area (Å²) >= 11 is 0. The average molecular weight is 259 g/mol. The third-order valence-corrected chi connectivity index (χ3v) is 2.95. The van der Waals surface area contributed by atoms with Crippen LogP contribution in [0, 0.1) is 11.3 Å². The predicted molar refractivity (Wildman–Crippen MR) is 69.0 cm³/mol. The molecule has 0 atom stereocenters. The van der Waals surface area contributed by atoms with Gasteiger partial charge in [0.25, 0.3) is 5.91 Å². The number of hydrogen-bond acceptors (Lipinski definition) is 5. The number of hydrogen-bond donors (Lipinski definition) is 3. The molecule has 1 heterocycles. The molecule has 6 nitrogen and oxygen atoms in total. The van der Waals surface area contributed by atoms with Crippen LogP contribution in [0.1, 0.15) is 12.0 Å². The number of likely N-dealkylation sites (tertiary alicyclic amines) is 1. The zero-order valence-corrected chi connectivity index (χ0v) is 10.1. The molecule has 0 spiro atoms. The molecule has 0 bridgehead atoms. The Bertz CT molecular complexity index is 575. The van der Waals surface area contributed by atoms with Crippen molar-refractivity contribution in [2.45, 2.75) is 6.42 Å². The van der Waals surface area contributed by atoms with Crippen molar-refractivity contribution < 1.29 is 15.0 Å². The molecule has 1 aromatic carbocycles. The molecule has 1 aliphatic rings. The molecule has 1 amide bonds. The highest BCUT2D eigenvalue weighted by atomic mass is 16.3. The van der Waals surface area contributed by atoms with E-state index >= 15 is 0 Å². The van der Waals surface area contributed by atoms with Crippen molar-refractivity contribution in [1.82, 2.24) is 4.90 Å². The number of rotatable bonds is 2. The van der Waals surface area contributed by atoms with E-state index in [-0.39, 0.29) is 22.9 Å². The first-order valence-electron chi connectivity index (χ1n) is 5.75. The minimum Gasteiger partial charge on any atom is -0.504 e. The van der Waals surface area contributed by atoms with E-state index in [0.29, 0.717) is 18.7 Å². The largest absolute Gasteiger partial charge is 0.504 e. The van der Waals surface area contributed by atoms with E-state index in [1.807, 2.05) is 6.07 Å². The van der Waals surface area contributed by atoms with Gasteiger partial charge in [0.2, 0.25) is 0 Å². The molecule has 2 rings (SSSR count). The first-order valence-corrected chi connectivity index (χ1v) is 5.75. The first kappa shape index (κ1) is 12.8. The molecule has 0 unspecified atom stereocenters. The fourth-order valence-corrected chi connectivity index (χ4v) is 1.75. The van der Waals surface area contributed by atoms with E-state index in [1.165, 1.54) is 18.2 Å². The molecular weight excluding hydrogens is 246 g/mol. The molecule has 1 fully saturated rings. The number of carbonyl (C=O) groups excluding carboxylic acids is 1. The Morgan fingerprint density at radius 2 is 2.11 bits per heavy atom. The van der Waals surface area contributed by atoms with Crippen LogP contribution in [-0.4, -0.2) is 34.1 Å². The molecule has 6 heteroatoms. The maximum atomic E-state index is 11.9. The lowest BCUT2D eigenvalue weighted by Gasteiger charge is -2.30. The topological polar surface area (TPSA) is 111 Å². The van der Waals surface area contributed by atoms with Crippen LogP contribution in [0.3, 0.4) is 0 Å². The zero-order valence-electron chi connectivity index (χ0n) is 10.1. The minimum atomic E-state index is -0.412.